The van der Waals surface area contributed by atoms with Crippen LogP contribution in [-0.4, -0.2) is 18.4 Å². The zero-order valence-corrected chi connectivity index (χ0v) is 16.6. The molecule has 0 aliphatic rings. The van der Waals surface area contributed by atoms with E-state index in [4.69, 9.17) is 23.2 Å². The van der Waals surface area contributed by atoms with Gasteiger partial charge >= 0.3 is 0 Å². The van der Waals surface area contributed by atoms with Gasteiger partial charge in [0.15, 0.2) is 0 Å². The summed E-state index contributed by atoms with van der Waals surface area (Å²) < 4.78 is 27.7. The molecule has 9 heteroatoms. The van der Waals surface area contributed by atoms with Gasteiger partial charge in [-0.3, -0.25) is 4.72 Å². The Balaban J connectivity index is 1.74. The molecule has 0 bridgehead atoms. The summed E-state index contributed by atoms with van der Waals surface area (Å²) in [5.41, 5.74) is 2.17. The van der Waals surface area contributed by atoms with Crippen molar-refractivity contribution >= 4 is 44.7 Å². The van der Waals surface area contributed by atoms with Gasteiger partial charge in [-0.1, -0.05) is 35.9 Å². The maximum Gasteiger partial charge on any atom is 0.261 e. The molecule has 0 saturated carbocycles. The number of nitrogens with zero attached hydrogens (tertiary/aromatic N) is 2. The highest BCUT2D eigenvalue weighted by Crippen LogP contribution is 2.22. The van der Waals surface area contributed by atoms with Crippen LogP contribution in [0.25, 0.3) is 0 Å². The van der Waals surface area contributed by atoms with Crippen LogP contribution in [0.3, 0.4) is 0 Å². The minimum atomic E-state index is -3.66. The van der Waals surface area contributed by atoms with Crippen molar-refractivity contribution in [2.24, 2.45) is 0 Å². The van der Waals surface area contributed by atoms with Crippen LogP contribution in [0.5, 0.6) is 0 Å². The minimum absolute atomic E-state index is 0.0848. The fourth-order valence-corrected chi connectivity index (χ4v) is 3.84. The first-order valence-electron chi connectivity index (χ1n) is 7.94. The van der Waals surface area contributed by atoms with Crippen molar-refractivity contribution in [3.63, 3.8) is 0 Å². The van der Waals surface area contributed by atoms with Crippen LogP contribution in [-0.2, 0) is 16.6 Å². The normalized spacial score (nSPS) is 11.2. The lowest BCUT2D eigenvalue weighted by molar-refractivity contribution is 0.601. The Morgan fingerprint density at radius 1 is 1.07 bits per heavy atom. The zero-order chi connectivity index (χ0) is 19.4. The quantitative estimate of drug-likeness (QED) is 0.571. The molecular weight excluding hydrogens is 407 g/mol. The molecule has 0 unspecified atom stereocenters. The number of hydrogen-bond acceptors (Lipinski definition) is 5. The van der Waals surface area contributed by atoms with Gasteiger partial charge in [0.2, 0.25) is 5.28 Å². The Labute approximate surface area is 167 Å². The van der Waals surface area contributed by atoms with Crippen molar-refractivity contribution in [3.05, 3.63) is 76.2 Å². The lowest BCUT2D eigenvalue weighted by Crippen LogP contribution is -2.13. The number of benzene rings is 2. The summed E-state index contributed by atoms with van der Waals surface area (Å²) in [4.78, 5) is 8.02. The number of aryl methyl sites for hydroxylation is 1. The first kappa shape index (κ1) is 19.4. The summed E-state index contributed by atoms with van der Waals surface area (Å²) in [6.45, 7) is 2.23. The molecule has 0 atom stereocenters. The van der Waals surface area contributed by atoms with E-state index in [1.807, 2.05) is 19.1 Å². The summed E-state index contributed by atoms with van der Waals surface area (Å²) in [6.07, 6.45) is 1.41. The Morgan fingerprint density at radius 2 is 1.85 bits per heavy atom. The smallest absolute Gasteiger partial charge is 0.261 e. The molecule has 2 N–H and O–H groups in total. The van der Waals surface area contributed by atoms with Gasteiger partial charge in [0.1, 0.15) is 10.8 Å². The second kappa shape index (κ2) is 8.12. The van der Waals surface area contributed by atoms with E-state index in [2.05, 4.69) is 20.0 Å². The van der Waals surface area contributed by atoms with Crippen molar-refractivity contribution in [2.75, 3.05) is 10.0 Å². The predicted octanol–water partition coefficient (Wildman–Crippen LogP) is 4.50. The molecule has 27 heavy (non-hydrogen) atoms. The van der Waals surface area contributed by atoms with E-state index in [0.717, 1.165) is 11.1 Å². The standard InChI is InChI=1S/C18H16Cl2N4O2S/c1-12-4-2-7-15(8-12)27(25,26)24-14-6-3-5-13(9-14)10-21-17-16(19)11-22-18(20)23-17/h2-9,11,24H,10H2,1H3,(H,21,22,23). The summed E-state index contributed by atoms with van der Waals surface area (Å²) >= 11 is 11.8. The molecule has 0 fully saturated rings. The van der Waals surface area contributed by atoms with E-state index in [1.165, 1.54) is 6.20 Å². The minimum Gasteiger partial charge on any atom is -0.365 e. The Morgan fingerprint density at radius 3 is 2.63 bits per heavy atom. The van der Waals surface area contributed by atoms with E-state index in [-0.39, 0.29) is 10.2 Å². The molecule has 3 rings (SSSR count). The van der Waals surface area contributed by atoms with Crippen LogP contribution >= 0.6 is 23.2 Å². The van der Waals surface area contributed by atoms with Gasteiger partial charge in [-0.05, 0) is 53.9 Å². The van der Waals surface area contributed by atoms with E-state index >= 15 is 0 Å². The van der Waals surface area contributed by atoms with Gasteiger partial charge in [-0.25, -0.2) is 13.4 Å². The monoisotopic (exact) mass is 422 g/mol. The fourth-order valence-electron chi connectivity index (χ4n) is 2.40. The number of nitrogens with one attached hydrogen (secondary N) is 2. The van der Waals surface area contributed by atoms with Crippen molar-refractivity contribution < 1.29 is 8.42 Å². The van der Waals surface area contributed by atoms with Gasteiger partial charge < -0.3 is 5.32 Å². The highest BCUT2D eigenvalue weighted by Gasteiger charge is 2.14. The number of rotatable bonds is 6. The number of sulfonamides is 1. The van der Waals surface area contributed by atoms with Gasteiger partial charge in [-0.2, -0.15) is 4.98 Å². The van der Waals surface area contributed by atoms with Crippen LogP contribution in [0.2, 0.25) is 10.3 Å². The van der Waals surface area contributed by atoms with Gasteiger partial charge in [0.25, 0.3) is 10.0 Å². The highest BCUT2D eigenvalue weighted by molar-refractivity contribution is 7.92. The number of aromatic nitrogens is 2. The lowest BCUT2D eigenvalue weighted by Gasteiger charge is -2.11. The third kappa shape index (κ3) is 5.09. The van der Waals surface area contributed by atoms with Crippen LogP contribution in [0.15, 0.2) is 59.6 Å². The van der Waals surface area contributed by atoms with E-state index < -0.39 is 10.0 Å². The van der Waals surface area contributed by atoms with Crippen molar-refractivity contribution in [2.45, 2.75) is 18.4 Å². The first-order chi connectivity index (χ1) is 12.8. The third-order valence-corrected chi connectivity index (χ3v) is 5.49. The molecule has 0 aliphatic carbocycles. The topological polar surface area (TPSA) is 84.0 Å². The summed E-state index contributed by atoms with van der Waals surface area (Å²) in [6, 6.07) is 13.8. The number of halogens is 2. The molecular formula is C18H16Cl2N4O2S. The average molecular weight is 423 g/mol. The molecule has 6 nitrogen and oxygen atoms in total. The Kier molecular flexibility index (Phi) is 5.84. The molecule has 140 valence electrons. The van der Waals surface area contributed by atoms with E-state index in [1.54, 1.807) is 36.4 Å². The van der Waals surface area contributed by atoms with Crippen LogP contribution in [0, 0.1) is 6.92 Å². The molecule has 0 amide bonds. The van der Waals surface area contributed by atoms with E-state index in [0.29, 0.717) is 23.1 Å². The largest absolute Gasteiger partial charge is 0.365 e. The summed E-state index contributed by atoms with van der Waals surface area (Å²) in [5, 5.41) is 3.48. The molecule has 1 heterocycles. The third-order valence-electron chi connectivity index (χ3n) is 3.65. The van der Waals surface area contributed by atoms with Crippen LogP contribution in [0.4, 0.5) is 11.5 Å². The predicted molar refractivity (Wildman–Crippen MR) is 108 cm³/mol. The maximum atomic E-state index is 12.6. The number of anilines is 2. The molecule has 0 radical (unpaired) electrons. The molecule has 1 aromatic heterocycles. The summed E-state index contributed by atoms with van der Waals surface area (Å²) in [5.74, 6) is 0.405. The molecule has 3 aromatic rings. The second-order valence-electron chi connectivity index (χ2n) is 5.81. The Hall–Kier alpha value is -2.35. The molecule has 0 saturated heterocycles. The van der Waals surface area contributed by atoms with Crippen molar-refractivity contribution in [1.82, 2.24) is 9.97 Å². The van der Waals surface area contributed by atoms with Crippen molar-refractivity contribution in [3.8, 4) is 0 Å². The van der Waals surface area contributed by atoms with Gasteiger partial charge in [0.05, 0.1) is 11.1 Å². The lowest BCUT2D eigenvalue weighted by atomic mass is 10.2. The Bertz CT molecular complexity index is 1070. The second-order valence-corrected chi connectivity index (χ2v) is 8.24. The SMILES string of the molecule is Cc1cccc(S(=O)(=O)Nc2cccc(CNc3nc(Cl)ncc3Cl)c2)c1. The molecule has 0 aliphatic heterocycles. The first-order valence-corrected chi connectivity index (χ1v) is 10.2. The average Bonchev–Trinajstić information content (AvgIpc) is 2.62. The van der Waals surface area contributed by atoms with Gasteiger partial charge in [0, 0.05) is 12.2 Å². The van der Waals surface area contributed by atoms with E-state index in [9.17, 15) is 8.42 Å². The molecule has 2 aromatic carbocycles. The van der Waals surface area contributed by atoms with Crippen LogP contribution < -0.4 is 10.0 Å². The fraction of sp³-hybridized carbons (Fsp3) is 0.111. The summed E-state index contributed by atoms with van der Waals surface area (Å²) in [7, 11) is -3.66. The maximum absolute atomic E-state index is 12.6. The molecule has 0 spiro atoms. The van der Waals surface area contributed by atoms with Crippen LogP contribution in [0.1, 0.15) is 11.1 Å². The highest BCUT2D eigenvalue weighted by atomic mass is 35.5. The number of hydrogen-bond donors (Lipinski definition) is 2. The zero-order valence-electron chi connectivity index (χ0n) is 14.3. The van der Waals surface area contributed by atoms with Gasteiger partial charge in [-0.15, -0.1) is 0 Å². The van der Waals surface area contributed by atoms with Crippen molar-refractivity contribution in [1.29, 1.82) is 0 Å².